The monoisotopic (exact) mass is 395 g/mol. The molecule has 0 fully saturated rings. The number of nitrogens with one attached hydrogen (secondary N) is 1. The molecule has 0 spiro atoms. The van der Waals surface area contributed by atoms with Crippen LogP contribution in [0.15, 0.2) is 21.1 Å². The quantitative estimate of drug-likeness (QED) is 0.764. The van der Waals surface area contributed by atoms with E-state index in [-0.39, 0.29) is 17.8 Å². The Morgan fingerprint density at radius 3 is 2.56 bits per heavy atom. The third kappa shape index (κ3) is 3.37. The van der Waals surface area contributed by atoms with Crippen molar-refractivity contribution < 1.29 is 8.42 Å². The van der Waals surface area contributed by atoms with Crippen LogP contribution in [-0.2, 0) is 10.0 Å². The Morgan fingerprint density at radius 2 is 2.11 bits per heavy atom. The molecule has 98 valence electrons. The Bertz CT molecular complexity index is 573. The maximum absolute atomic E-state index is 11.9. The van der Waals surface area contributed by atoms with E-state index in [1.54, 1.807) is 25.1 Å². The van der Waals surface area contributed by atoms with Crippen LogP contribution in [0.5, 0.6) is 0 Å². The Morgan fingerprint density at radius 1 is 1.50 bits per heavy atom. The molecular weight excluding hydrogens is 386 g/mol. The zero-order valence-electron chi connectivity index (χ0n) is 9.44. The summed E-state index contributed by atoms with van der Waals surface area (Å²) < 4.78 is 27.4. The van der Waals surface area contributed by atoms with E-state index < -0.39 is 15.3 Å². The van der Waals surface area contributed by atoms with Crippen LogP contribution < -0.4 is 10.5 Å². The summed E-state index contributed by atoms with van der Waals surface area (Å²) in [4.78, 5) is 0. The normalized spacial score (nSPS) is 12.8. The Labute approximate surface area is 123 Å². The molecule has 3 N–H and O–H groups in total. The van der Waals surface area contributed by atoms with Crippen molar-refractivity contribution in [2.24, 2.45) is 0 Å². The molecule has 1 unspecified atom stereocenters. The smallest absolute Gasteiger partial charge is 0.249 e. The summed E-state index contributed by atoms with van der Waals surface area (Å²) in [5, 5.41) is 7.70. The number of anilines is 2. The summed E-state index contributed by atoms with van der Waals surface area (Å²) in [5.41, 5.74) is 6.26. The number of rotatable bonds is 4. The van der Waals surface area contributed by atoms with Crippen molar-refractivity contribution in [3.63, 3.8) is 0 Å². The number of sulfonamides is 1. The predicted octanol–water partition coefficient (Wildman–Crippen LogP) is 2.84. The number of nitriles is 1. The molecule has 0 aliphatic carbocycles. The fourth-order valence-corrected chi connectivity index (χ4v) is 4.02. The third-order valence-corrected chi connectivity index (χ3v) is 4.98. The molecule has 18 heavy (non-hydrogen) atoms. The molecule has 1 atom stereocenters. The Kier molecular flexibility index (Phi) is 5.01. The van der Waals surface area contributed by atoms with Crippen LogP contribution in [0.2, 0.25) is 0 Å². The van der Waals surface area contributed by atoms with E-state index in [0.29, 0.717) is 4.47 Å². The molecule has 0 aliphatic heterocycles. The molecule has 1 rings (SSSR count). The van der Waals surface area contributed by atoms with Crippen LogP contribution >= 0.6 is 31.9 Å². The number of nitrogen functional groups attached to an aromatic ring is 1. The molecule has 5 nitrogen and oxygen atoms in total. The molecule has 0 bridgehead atoms. The van der Waals surface area contributed by atoms with Crippen LogP contribution in [-0.4, -0.2) is 13.7 Å². The number of hydrogen-bond acceptors (Lipinski definition) is 4. The highest BCUT2D eigenvalue weighted by Crippen LogP contribution is 2.33. The topological polar surface area (TPSA) is 96.0 Å². The van der Waals surface area contributed by atoms with Gasteiger partial charge >= 0.3 is 0 Å². The molecule has 0 aliphatic rings. The van der Waals surface area contributed by atoms with Gasteiger partial charge in [0.25, 0.3) is 0 Å². The van der Waals surface area contributed by atoms with Crippen molar-refractivity contribution in [1.82, 2.24) is 0 Å². The van der Waals surface area contributed by atoms with E-state index in [2.05, 4.69) is 36.6 Å². The molecule has 8 heteroatoms. The zero-order chi connectivity index (χ0) is 13.9. The minimum Gasteiger partial charge on any atom is -0.397 e. The van der Waals surface area contributed by atoms with Crippen molar-refractivity contribution in [3.8, 4) is 6.07 Å². The number of nitrogens with two attached hydrogens (primary N) is 1. The first-order valence-electron chi connectivity index (χ1n) is 4.97. The third-order valence-electron chi connectivity index (χ3n) is 2.22. The molecule has 0 aromatic heterocycles. The highest BCUT2D eigenvalue weighted by molar-refractivity contribution is 9.11. The van der Waals surface area contributed by atoms with Gasteiger partial charge in [-0.25, -0.2) is 8.42 Å². The summed E-state index contributed by atoms with van der Waals surface area (Å²) in [7, 11) is -3.77. The van der Waals surface area contributed by atoms with Gasteiger partial charge in [0.1, 0.15) is 0 Å². The van der Waals surface area contributed by atoms with E-state index in [0.717, 1.165) is 4.47 Å². The van der Waals surface area contributed by atoms with E-state index in [1.165, 1.54) is 0 Å². The van der Waals surface area contributed by atoms with Gasteiger partial charge in [-0.1, -0.05) is 22.9 Å². The molecular formula is C10H11Br2N3O2S. The molecule has 0 saturated carbocycles. The number of hydrogen-bond donors (Lipinski definition) is 2. The summed E-state index contributed by atoms with van der Waals surface area (Å²) >= 11 is 6.47. The fraction of sp³-hybridized carbons (Fsp3) is 0.300. The predicted molar refractivity (Wildman–Crippen MR) is 78.5 cm³/mol. The SMILES string of the molecule is CCC(C#N)S(=O)(=O)Nc1c(N)cc(Br)cc1Br. The lowest BCUT2D eigenvalue weighted by atomic mass is 10.3. The van der Waals surface area contributed by atoms with Gasteiger partial charge in [-0.05, 0) is 34.5 Å². The first kappa shape index (κ1) is 15.3. The van der Waals surface area contributed by atoms with Gasteiger partial charge in [0.2, 0.25) is 10.0 Å². The van der Waals surface area contributed by atoms with Crippen molar-refractivity contribution in [3.05, 3.63) is 21.1 Å². The lowest BCUT2D eigenvalue weighted by Crippen LogP contribution is -2.26. The van der Waals surface area contributed by atoms with Crippen molar-refractivity contribution >= 4 is 53.3 Å². The van der Waals surface area contributed by atoms with Gasteiger partial charge in [-0.3, -0.25) is 4.72 Å². The Hall–Kier alpha value is -0.780. The van der Waals surface area contributed by atoms with Crippen LogP contribution in [0.1, 0.15) is 13.3 Å². The summed E-state index contributed by atoms with van der Waals surface area (Å²) in [6, 6.07) is 4.99. The lowest BCUT2D eigenvalue weighted by Gasteiger charge is -2.14. The second kappa shape index (κ2) is 5.91. The van der Waals surface area contributed by atoms with Crippen molar-refractivity contribution in [2.75, 3.05) is 10.5 Å². The molecule has 0 amide bonds. The van der Waals surface area contributed by atoms with Gasteiger partial charge in [0.05, 0.1) is 17.4 Å². The molecule has 0 heterocycles. The molecule has 1 aromatic carbocycles. The van der Waals surface area contributed by atoms with Crippen molar-refractivity contribution in [1.29, 1.82) is 5.26 Å². The van der Waals surface area contributed by atoms with Crippen molar-refractivity contribution in [2.45, 2.75) is 18.6 Å². The Balaban J connectivity index is 3.17. The van der Waals surface area contributed by atoms with Gasteiger partial charge in [-0.2, -0.15) is 5.26 Å². The van der Waals surface area contributed by atoms with Gasteiger partial charge < -0.3 is 5.73 Å². The first-order valence-corrected chi connectivity index (χ1v) is 8.10. The molecule has 0 radical (unpaired) electrons. The summed E-state index contributed by atoms with van der Waals surface area (Å²) in [6.45, 7) is 1.63. The zero-order valence-corrected chi connectivity index (χ0v) is 13.4. The highest BCUT2D eigenvalue weighted by Gasteiger charge is 2.25. The van der Waals surface area contributed by atoms with Crippen LogP contribution in [0, 0.1) is 11.3 Å². The average molecular weight is 397 g/mol. The summed E-state index contributed by atoms with van der Waals surface area (Å²) in [5.74, 6) is 0. The maximum atomic E-state index is 11.9. The average Bonchev–Trinajstić information content (AvgIpc) is 2.24. The minimum absolute atomic E-state index is 0.208. The second-order valence-corrected chi connectivity index (χ2v) is 7.16. The van der Waals surface area contributed by atoms with E-state index in [4.69, 9.17) is 11.0 Å². The van der Waals surface area contributed by atoms with E-state index in [9.17, 15) is 8.42 Å². The minimum atomic E-state index is -3.77. The van der Waals surface area contributed by atoms with Gasteiger partial charge in [0, 0.05) is 8.95 Å². The van der Waals surface area contributed by atoms with Gasteiger partial charge in [0.15, 0.2) is 5.25 Å². The highest BCUT2D eigenvalue weighted by atomic mass is 79.9. The second-order valence-electron chi connectivity index (χ2n) is 3.52. The molecule has 0 saturated heterocycles. The van der Waals surface area contributed by atoms with Gasteiger partial charge in [-0.15, -0.1) is 0 Å². The molecule has 1 aromatic rings. The fourth-order valence-electron chi connectivity index (χ4n) is 1.29. The number of nitrogens with zero attached hydrogens (tertiary/aromatic N) is 1. The lowest BCUT2D eigenvalue weighted by molar-refractivity contribution is 0.593. The number of halogens is 2. The standard InChI is InChI=1S/C10H11Br2N3O2S/c1-2-7(5-13)18(16,17)15-10-8(12)3-6(11)4-9(10)14/h3-4,7,15H,2,14H2,1H3. The number of benzene rings is 1. The van der Waals surface area contributed by atoms with Crippen LogP contribution in [0.4, 0.5) is 11.4 Å². The van der Waals surface area contributed by atoms with Crippen LogP contribution in [0.25, 0.3) is 0 Å². The largest absolute Gasteiger partial charge is 0.397 e. The van der Waals surface area contributed by atoms with Crippen LogP contribution in [0.3, 0.4) is 0 Å². The van der Waals surface area contributed by atoms with E-state index >= 15 is 0 Å². The maximum Gasteiger partial charge on any atom is 0.249 e. The summed E-state index contributed by atoms with van der Waals surface area (Å²) in [6.07, 6.45) is 0.208. The first-order chi connectivity index (χ1) is 8.31. The van der Waals surface area contributed by atoms with E-state index in [1.807, 2.05) is 0 Å².